The maximum Gasteiger partial charge on any atom is 0.317 e. The molecule has 17 heavy (non-hydrogen) atoms. The summed E-state index contributed by atoms with van der Waals surface area (Å²) in [6.45, 7) is 7.02. The molecule has 0 radical (unpaired) electrons. The molecule has 1 heterocycles. The Hall–Kier alpha value is -1.30. The van der Waals surface area contributed by atoms with E-state index in [9.17, 15) is 9.59 Å². The summed E-state index contributed by atoms with van der Waals surface area (Å²) in [7, 11) is 1.64. The number of piperazine rings is 1. The van der Waals surface area contributed by atoms with Crippen LogP contribution in [0.1, 0.15) is 13.8 Å². The molecule has 0 atom stereocenters. The average Bonchev–Trinajstić information content (AvgIpc) is 2.29. The SMILES string of the molecule is CC(C)NC(=O)N(C)CC(=O)N1CCNCC1. The topological polar surface area (TPSA) is 64.7 Å². The van der Waals surface area contributed by atoms with Crippen molar-refractivity contribution in [2.24, 2.45) is 0 Å². The van der Waals surface area contributed by atoms with Crippen LogP contribution in [0.2, 0.25) is 0 Å². The fraction of sp³-hybridized carbons (Fsp3) is 0.818. The van der Waals surface area contributed by atoms with Crippen LogP contribution in [0.25, 0.3) is 0 Å². The van der Waals surface area contributed by atoms with Crippen molar-refractivity contribution in [1.82, 2.24) is 20.4 Å². The molecule has 1 fully saturated rings. The van der Waals surface area contributed by atoms with E-state index in [0.29, 0.717) is 0 Å². The van der Waals surface area contributed by atoms with E-state index in [0.717, 1.165) is 26.2 Å². The number of nitrogens with one attached hydrogen (secondary N) is 2. The Bertz CT molecular complexity index is 275. The van der Waals surface area contributed by atoms with Gasteiger partial charge in [-0.25, -0.2) is 4.79 Å². The van der Waals surface area contributed by atoms with Gasteiger partial charge in [-0.3, -0.25) is 4.79 Å². The average molecular weight is 242 g/mol. The van der Waals surface area contributed by atoms with Crippen LogP contribution >= 0.6 is 0 Å². The lowest BCUT2D eigenvalue weighted by Gasteiger charge is -2.29. The van der Waals surface area contributed by atoms with Crippen molar-refractivity contribution in [2.75, 3.05) is 39.8 Å². The van der Waals surface area contributed by atoms with Crippen LogP contribution in [-0.4, -0.2) is 67.6 Å². The van der Waals surface area contributed by atoms with Crippen molar-refractivity contribution in [2.45, 2.75) is 19.9 Å². The number of nitrogens with zero attached hydrogens (tertiary/aromatic N) is 2. The minimum atomic E-state index is -0.205. The molecule has 1 aliphatic rings. The predicted molar refractivity (Wildman–Crippen MR) is 65.7 cm³/mol. The van der Waals surface area contributed by atoms with Crippen molar-refractivity contribution >= 4 is 11.9 Å². The van der Waals surface area contributed by atoms with Gasteiger partial charge in [-0.05, 0) is 13.8 Å². The molecule has 0 aliphatic carbocycles. The van der Waals surface area contributed by atoms with Gasteiger partial charge >= 0.3 is 6.03 Å². The number of amides is 3. The van der Waals surface area contributed by atoms with Crippen LogP contribution in [0, 0.1) is 0 Å². The van der Waals surface area contributed by atoms with Crippen molar-refractivity contribution < 1.29 is 9.59 Å². The van der Waals surface area contributed by atoms with Crippen LogP contribution in [0.4, 0.5) is 4.79 Å². The number of likely N-dealkylation sites (N-methyl/N-ethyl adjacent to an activating group) is 1. The lowest BCUT2D eigenvalue weighted by atomic mass is 10.3. The largest absolute Gasteiger partial charge is 0.339 e. The van der Waals surface area contributed by atoms with Crippen LogP contribution in [0.15, 0.2) is 0 Å². The van der Waals surface area contributed by atoms with E-state index in [4.69, 9.17) is 0 Å². The molecule has 0 bridgehead atoms. The Labute approximate surface area is 102 Å². The summed E-state index contributed by atoms with van der Waals surface area (Å²) < 4.78 is 0. The summed E-state index contributed by atoms with van der Waals surface area (Å²) in [4.78, 5) is 26.7. The van der Waals surface area contributed by atoms with Gasteiger partial charge in [0, 0.05) is 39.3 Å². The lowest BCUT2D eigenvalue weighted by molar-refractivity contribution is -0.132. The van der Waals surface area contributed by atoms with E-state index >= 15 is 0 Å². The first-order chi connectivity index (χ1) is 8.00. The molecule has 0 unspecified atom stereocenters. The smallest absolute Gasteiger partial charge is 0.317 e. The van der Waals surface area contributed by atoms with Crippen molar-refractivity contribution in [1.29, 1.82) is 0 Å². The van der Waals surface area contributed by atoms with E-state index < -0.39 is 0 Å². The molecule has 3 amide bonds. The highest BCUT2D eigenvalue weighted by molar-refractivity contribution is 5.84. The number of carbonyl (C=O) groups is 2. The van der Waals surface area contributed by atoms with Gasteiger partial charge in [0.25, 0.3) is 0 Å². The molecule has 2 N–H and O–H groups in total. The van der Waals surface area contributed by atoms with Gasteiger partial charge < -0.3 is 20.4 Å². The lowest BCUT2D eigenvalue weighted by Crippen LogP contribution is -2.51. The number of rotatable bonds is 3. The quantitative estimate of drug-likeness (QED) is 0.699. The Morgan fingerprint density at radius 2 is 1.94 bits per heavy atom. The number of hydrogen-bond donors (Lipinski definition) is 2. The van der Waals surface area contributed by atoms with E-state index in [1.165, 1.54) is 4.90 Å². The summed E-state index contributed by atoms with van der Waals surface area (Å²) in [5, 5.41) is 5.94. The van der Waals surface area contributed by atoms with E-state index in [1.54, 1.807) is 11.9 Å². The summed E-state index contributed by atoms with van der Waals surface area (Å²) in [5.41, 5.74) is 0. The summed E-state index contributed by atoms with van der Waals surface area (Å²) in [5.74, 6) is 0.00732. The zero-order chi connectivity index (χ0) is 12.8. The Balaban J connectivity index is 2.36. The second-order valence-electron chi connectivity index (χ2n) is 4.59. The van der Waals surface area contributed by atoms with Gasteiger partial charge in [-0.1, -0.05) is 0 Å². The molecular weight excluding hydrogens is 220 g/mol. The first-order valence-corrected chi connectivity index (χ1v) is 6.01. The molecule has 0 saturated carbocycles. The molecule has 0 aromatic rings. The number of hydrogen-bond acceptors (Lipinski definition) is 3. The van der Waals surface area contributed by atoms with Gasteiger partial charge in [0.15, 0.2) is 0 Å². The third-order valence-electron chi connectivity index (χ3n) is 2.60. The highest BCUT2D eigenvalue weighted by Gasteiger charge is 2.19. The minimum Gasteiger partial charge on any atom is -0.339 e. The molecule has 0 aromatic heterocycles. The van der Waals surface area contributed by atoms with Crippen molar-refractivity contribution in [3.05, 3.63) is 0 Å². The van der Waals surface area contributed by atoms with Crippen LogP contribution in [0.3, 0.4) is 0 Å². The van der Waals surface area contributed by atoms with Gasteiger partial charge in [-0.15, -0.1) is 0 Å². The fourth-order valence-corrected chi connectivity index (χ4v) is 1.65. The molecule has 1 aliphatic heterocycles. The fourth-order valence-electron chi connectivity index (χ4n) is 1.65. The summed E-state index contributed by atoms with van der Waals surface area (Å²) in [6.07, 6.45) is 0. The maximum atomic E-state index is 11.9. The maximum absolute atomic E-state index is 11.9. The zero-order valence-corrected chi connectivity index (χ0v) is 10.8. The Morgan fingerprint density at radius 1 is 1.35 bits per heavy atom. The Kier molecular flexibility index (Phi) is 5.21. The molecule has 0 aromatic carbocycles. The third-order valence-corrected chi connectivity index (χ3v) is 2.60. The van der Waals surface area contributed by atoms with Gasteiger partial charge in [0.05, 0.1) is 0 Å². The summed E-state index contributed by atoms with van der Waals surface area (Å²) >= 11 is 0. The number of carbonyl (C=O) groups excluding carboxylic acids is 2. The molecule has 98 valence electrons. The van der Waals surface area contributed by atoms with E-state index in [1.807, 2.05) is 13.8 Å². The molecule has 6 heteroatoms. The van der Waals surface area contributed by atoms with Gasteiger partial charge in [0.2, 0.25) is 5.91 Å². The third kappa shape index (κ3) is 4.60. The normalized spacial score (nSPS) is 15.9. The number of urea groups is 1. The van der Waals surface area contributed by atoms with Crippen molar-refractivity contribution in [3.63, 3.8) is 0 Å². The predicted octanol–water partition coefficient (Wildman–Crippen LogP) is -0.532. The molecule has 0 spiro atoms. The standard InChI is InChI=1S/C11H22N4O2/c1-9(2)13-11(17)14(3)8-10(16)15-6-4-12-5-7-15/h9,12H,4-8H2,1-3H3,(H,13,17). The van der Waals surface area contributed by atoms with Crippen molar-refractivity contribution in [3.8, 4) is 0 Å². The van der Waals surface area contributed by atoms with Crippen LogP contribution in [0.5, 0.6) is 0 Å². The summed E-state index contributed by atoms with van der Waals surface area (Å²) in [6, 6.07) is -0.122. The highest BCUT2D eigenvalue weighted by Crippen LogP contribution is 1.96. The Morgan fingerprint density at radius 3 is 2.47 bits per heavy atom. The van der Waals surface area contributed by atoms with Crippen LogP contribution < -0.4 is 10.6 Å². The second kappa shape index (κ2) is 6.44. The van der Waals surface area contributed by atoms with Crippen LogP contribution in [-0.2, 0) is 4.79 Å². The monoisotopic (exact) mass is 242 g/mol. The van der Waals surface area contributed by atoms with Gasteiger partial charge in [0.1, 0.15) is 6.54 Å². The first-order valence-electron chi connectivity index (χ1n) is 6.01. The first kappa shape index (κ1) is 13.8. The molecular formula is C11H22N4O2. The zero-order valence-electron chi connectivity index (χ0n) is 10.8. The molecule has 1 rings (SSSR count). The second-order valence-corrected chi connectivity index (χ2v) is 4.59. The molecule has 1 saturated heterocycles. The van der Waals surface area contributed by atoms with E-state index in [-0.39, 0.29) is 24.5 Å². The highest BCUT2D eigenvalue weighted by atomic mass is 16.2. The van der Waals surface area contributed by atoms with Gasteiger partial charge in [-0.2, -0.15) is 0 Å². The molecule has 6 nitrogen and oxygen atoms in total. The minimum absolute atomic E-state index is 0.00732. The van der Waals surface area contributed by atoms with E-state index in [2.05, 4.69) is 10.6 Å².